The maximum Gasteiger partial charge on any atom is 0.303 e. The van der Waals surface area contributed by atoms with Crippen LogP contribution >= 0.6 is 0 Å². The zero-order valence-corrected chi connectivity index (χ0v) is 9.59. The van der Waals surface area contributed by atoms with Gasteiger partial charge in [-0.3, -0.25) is 4.79 Å². The van der Waals surface area contributed by atoms with Crippen LogP contribution < -0.4 is 0 Å². The van der Waals surface area contributed by atoms with Gasteiger partial charge in [-0.1, -0.05) is 52.4 Å². The first-order valence-electron chi connectivity index (χ1n) is 5.92. The van der Waals surface area contributed by atoms with Gasteiger partial charge in [0.1, 0.15) is 0 Å². The summed E-state index contributed by atoms with van der Waals surface area (Å²) < 4.78 is 0. The topological polar surface area (TPSA) is 37.3 Å². The number of unbranched alkanes of at least 4 members (excludes halogenated alkanes) is 3. The van der Waals surface area contributed by atoms with E-state index in [9.17, 15) is 4.79 Å². The summed E-state index contributed by atoms with van der Waals surface area (Å²) in [6, 6.07) is 0. The molecule has 0 unspecified atom stereocenters. The summed E-state index contributed by atoms with van der Waals surface area (Å²) >= 11 is 0. The van der Waals surface area contributed by atoms with E-state index in [0.717, 1.165) is 12.8 Å². The highest BCUT2D eigenvalue weighted by Gasteiger charge is 2.08. The molecule has 0 aliphatic carbocycles. The van der Waals surface area contributed by atoms with Gasteiger partial charge in [0, 0.05) is 6.42 Å². The minimum Gasteiger partial charge on any atom is -0.481 e. The summed E-state index contributed by atoms with van der Waals surface area (Å²) in [7, 11) is 0. The van der Waals surface area contributed by atoms with Crippen LogP contribution in [0.4, 0.5) is 0 Å². The monoisotopic (exact) mass is 200 g/mol. The van der Waals surface area contributed by atoms with Gasteiger partial charge in [-0.05, 0) is 12.3 Å². The maximum atomic E-state index is 10.4. The van der Waals surface area contributed by atoms with Crippen LogP contribution in [0.25, 0.3) is 0 Å². The van der Waals surface area contributed by atoms with Crippen LogP contribution in [0.2, 0.25) is 0 Å². The number of carboxylic acids is 1. The largest absolute Gasteiger partial charge is 0.481 e. The molecule has 1 N–H and O–H groups in total. The van der Waals surface area contributed by atoms with Crippen molar-refractivity contribution in [3.63, 3.8) is 0 Å². The predicted molar refractivity (Wildman–Crippen MR) is 59.4 cm³/mol. The molecule has 2 nitrogen and oxygen atoms in total. The second-order valence-electron chi connectivity index (χ2n) is 4.06. The molecule has 0 aromatic rings. The van der Waals surface area contributed by atoms with Crippen LogP contribution in [0.5, 0.6) is 0 Å². The van der Waals surface area contributed by atoms with Crippen molar-refractivity contribution < 1.29 is 9.90 Å². The van der Waals surface area contributed by atoms with Crippen LogP contribution in [-0.2, 0) is 4.79 Å². The Labute approximate surface area is 87.7 Å². The van der Waals surface area contributed by atoms with Crippen LogP contribution in [0.1, 0.15) is 65.2 Å². The average molecular weight is 200 g/mol. The molecule has 0 bridgehead atoms. The molecule has 2 heteroatoms. The SMILES string of the molecule is CCCCCC[C@@H](CC)CCC(=O)O. The molecule has 0 heterocycles. The summed E-state index contributed by atoms with van der Waals surface area (Å²) in [5.74, 6) is -0.0278. The molecule has 0 aromatic carbocycles. The Kier molecular flexibility index (Phi) is 8.70. The fourth-order valence-electron chi connectivity index (χ4n) is 1.74. The van der Waals surface area contributed by atoms with Gasteiger partial charge in [0.05, 0.1) is 0 Å². The minimum absolute atomic E-state index is 0.340. The second kappa shape index (κ2) is 9.04. The van der Waals surface area contributed by atoms with Crippen LogP contribution in [0.15, 0.2) is 0 Å². The standard InChI is InChI=1S/C12H24O2/c1-3-5-6-7-8-11(4-2)9-10-12(13)14/h11H,3-10H2,1-2H3,(H,13,14)/t11-/m1/s1. The number of aliphatic carboxylic acids is 1. The highest BCUT2D eigenvalue weighted by molar-refractivity contribution is 5.66. The molecule has 84 valence electrons. The lowest BCUT2D eigenvalue weighted by molar-refractivity contribution is -0.137. The van der Waals surface area contributed by atoms with Crippen molar-refractivity contribution in [3.8, 4) is 0 Å². The molecule has 14 heavy (non-hydrogen) atoms. The number of carboxylic acid groups (broad SMARTS) is 1. The Morgan fingerprint density at radius 2 is 1.86 bits per heavy atom. The fraction of sp³-hybridized carbons (Fsp3) is 0.917. The highest BCUT2D eigenvalue weighted by Crippen LogP contribution is 2.19. The third-order valence-corrected chi connectivity index (χ3v) is 2.81. The molecular formula is C12H24O2. The molecule has 0 saturated heterocycles. The van der Waals surface area contributed by atoms with Crippen molar-refractivity contribution >= 4 is 5.97 Å². The van der Waals surface area contributed by atoms with E-state index in [1.165, 1.54) is 32.1 Å². The van der Waals surface area contributed by atoms with E-state index in [4.69, 9.17) is 5.11 Å². The van der Waals surface area contributed by atoms with Crippen LogP contribution in [0.3, 0.4) is 0 Å². The Morgan fingerprint density at radius 1 is 1.14 bits per heavy atom. The van der Waals surface area contributed by atoms with E-state index in [0.29, 0.717) is 12.3 Å². The van der Waals surface area contributed by atoms with Gasteiger partial charge in [-0.2, -0.15) is 0 Å². The van der Waals surface area contributed by atoms with Crippen LogP contribution in [0, 0.1) is 5.92 Å². The molecule has 0 fully saturated rings. The zero-order valence-electron chi connectivity index (χ0n) is 9.59. The first kappa shape index (κ1) is 13.5. The maximum absolute atomic E-state index is 10.4. The molecule has 0 aromatic heterocycles. The fourth-order valence-corrected chi connectivity index (χ4v) is 1.74. The smallest absolute Gasteiger partial charge is 0.303 e. The van der Waals surface area contributed by atoms with Gasteiger partial charge in [0.15, 0.2) is 0 Å². The van der Waals surface area contributed by atoms with Gasteiger partial charge in [0.25, 0.3) is 0 Å². The molecule has 0 rings (SSSR count). The van der Waals surface area contributed by atoms with Gasteiger partial charge in [-0.15, -0.1) is 0 Å². The van der Waals surface area contributed by atoms with E-state index in [1.54, 1.807) is 0 Å². The van der Waals surface area contributed by atoms with E-state index < -0.39 is 5.97 Å². The summed E-state index contributed by atoms with van der Waals surface area (Å²) in [6.07, 6.45) is 8.70. The van der Waals surface area contributed by atoms with E-state index in [1.807, 2.05) is 0 Å². The molecule has 0 radical (unpaired) electrons. The predicted octanol–water partition coefficient (Wildman–Crippen LogP) is 3.85. The molecule has 0 saturated carbocycles. The number of hydrogen-bond donors (Lipinski definition) is 1. The molecule has 0 aliphatic rings. The number of carbonyl (C=O) groups is 1. The lowest BCUT2D eigenvalue weighted by Gasteiger charge is -2.12. The highest BCUT2D eigenvalue weighted by atomic mass is 16.4. The van der Waals surface area contributed by atoms with Gasteiger partial charge >= 0.3 is 5.97 Å². The van der Waals surface area contributed by atoms with Crippen molar-refractivity contribution in [2.24, 2.45) is 5.92 Å². The van der Waals surface area contributed by atoms with Crippen LogP contribution in [-0.4, -0.2) is 11.1 Å². The first-order chi connectivity index (χ1) is 6.70. The number of hydrogen-bond acceptors (Lipinski definition) is 1. The molecule has 1 atom stereocenters. The van der Waals surface area contributed by atoms with E-state index in [2.05, 4.69) is 13.8 Å². The van der Waals surface area contributed by atoms with Crippen molar-refractivity contribution in [1.82, 2.24) is 0 Å². The van der Waals surface area contributed by atoms with Crippen molar-refractivity contribution in [2.75, 3.05) is 0 Å². The summed E-state index contributed by atoms with van der Waals surface area (Å²) in [4.78, 5) is 10.4. The third-order valence-electron chi connectivity index (χ3n) is 2.81. The van der Waals surface area contributed by atoms with Gasteiger partial charge in [0.2, 0.25) is 0 Å². The number of rotatable bonds is 9. The lowest BCUT2D eigenvalue weighted by Crippen LogP contribution is -2.03. The Morgan fingerprint density at radius 3 is 2.36 bits per heavy atom. The van der Waals surface area contributed by atoms with Gasteiger partial charge in [-0.25, -0.2) is 0 Å². The first-order valence-corrected chi connectivity index (χ1v) is 5.92. The average Bonchev–Trinajstić information content (AvgIpc) is 2.16. The normalized spacial score (nSPS) is 12.7. The summed E-state index contributed by atoms with van der Waals surface area (Å²) in [6.45, 7) is 4.37. The van der Waals surface area contributed by atoms with Crippen molar-refractivity contribution in [3.05, 3.63) is 0 Å². The van der Waals surface area contributed by atoms with E-state index in [-0.39, 0.29) is 0 Å². The molecular weight excluding hydrogens is 176 g/mol. The molecule has 0 spiro atoms. The Bertz CT molecular complexity index is 143. The summed E-state index contributed by atoms with van der Waals surface area (Å²) in [5.41, 5.74) is 0. The Balaban J connectivity index is 3.42. The van der Waals surface area contributed by atoms with E-state index >= 15 is 0 Å². The molecule has 0 aliphatic heterocycles. The van der Waals surface area contributed by atoms with Crippen molar-refractivity contribution in [2.45, 2.75) is 65.2 Å². The summed E-state index contributed by atoms with van der Waals surface area (Å²) in [5, 5.41) is 8.57. The second-order valence-corrected chi connectivity index (χ2v) is 4.06. The minimum atomic E-state index is -0.656. The van der Waals surface area contributed by atoms with Crippen molar-refractivity contribution in [1.29, 1.82) is 0 Å². The lowest BCUT2D eigenvalue weighted by atomic mass is 9.94. The van der Waals surface area contributed by atoms with Gasteiger partial charge < -0.3 is 5.11 Å². The third kappa shape index (κ3) is 8.09. The Hall–Kier alpha value is -0.530. The molecule has 0 amide bonds. The zero-order chi connectivity index (χ0) is 10.8. The quantitative estimate of drug-likeness (QED) is 0.574.